The average Bonchev–Trinajstić information content (AvgIpc) is 2.37. The maximum absolute atomic E-state index is 13.9. The van der Waals surface area contributed by atoms with Crippen LogP contribution in [0.1, 0.15) is 16.5 Å². The maximum Gasteiger partial charge on any atom is 0.134 e. The molecule has 0 amide bonds. The monoisotopic (exact) mass is 360 g/mol. The lowest BCUT2D eigenvalue weighted by molar-refractivity contribution is 0.405. The fraction of sp³-hybridized carbons (Fsp3) is 0.200. The summed E-state index contributed by atoms with van der Waals surface area (Å²) in [5.41, 5.74) is 0.765. The van der Waals surface area contributed by atoms with E-state index in [0.29, 0.717) is 6.42 Å². The fourth-order valence-corrected chi connectivity index (χ4v) is 2.78. The molecule has 1 nitrogen and oxygen atoms in total. The Bertz CT molecular complexity index is 596. The van der Waals surface area contributed by atoms with Gasteiger partial charge in [0.05, 0.1) is 12.5 Å². The predicted octanol–water partition coefficient (Wildman–Crippen LogP) is 5.26. The minimum atomic E-state index is -0.782. The lowest BCUT2D eigenvalue weighted by Crippen LogP contribution is -2.03. The van der Waals surface area contributed by atoms with Crippen LogP contribution in [-0.2, 0) is 6.42 Å². The molecule has 0 N–H and O–H groups in total. The molecule has 0 fully saturated rings. The normalized spacial score (nSPS) is 12.2. The molecule has 5 heteroatoms. The highest BCUT2D eigenvalue weighted by atomic mass is 79.9. The van der Waals surface area contributed by atoms with Crippen LogP contribution in [0.4, 0.5) is 8.78 Å². The molecule has 0 aliphatic rings. The Kier molecular flexibility index (Phi) is 5.00. The zero-order chi connectivity index (χ0) is 14.7. The van der Waals surface area contributed by atoms with Gasteiger partial charge in [0, 0.05) is 22.2 Å². The Morgan fingerprint density at radius 3 is 2.40 bits per heavy atom. The molecule has 106 valence electrons. The molecule has 0 aromatic heterocycles. The van der Waals surface area contributed by atoms with E-state index in [4.69, 9.17) is 16.3 Å². The lowest BCUT2D eigenvalue weighted by Gasteiger charge is -2.13. The quantitative estimate of drug-likeness (QED) is 0.675. The van der Waals surface area contributed by atoms with Gasteiger partial charge in [-0.1, -0.05) is 28.1 Å². The number of hydrogen-bond donors (Lipinski definition) is 0. The number of benzene rings is 2. The SMILES string of the molecule is COc1cc(F)c(C(Cl)Cc2cccc(Br)c2)c(F)c1. The van der Waals surface area contributed by atoms with Crippen molar-refractivity contribution in [1.82, 2.24) is 0 Å². The van der Waals surface area contributed by atoms with Gasteiger partial charge in [-0.3, -0.25) is 0 Å². The van der Waals surface area contributed by atoms with Crippen molar-refractivity contribution in [2.75, 3.05) is 7.11 Å². The minimum Gasteiger partial charge on any atom is -0.497 e. The summed E-state index contributed by atoms with van der Waals surface area (Å²) in [6.07, 6.45) is 0.334. The maximum atomic E-state index is 13.9. The first-order valence-electron chi connectivity index (χ1n) is 5.92. The molecule has 0 saturated carbocycles. The molecule has 2 aromatic rings. The molecule has 0 bridgehead atoms. The third-order valence-electron chi connectivity index (χ3n) is 2.91. The smallest absolute Gasteiger partial charge is 0.134 e. The summed E-state index contributed by atoms with van der Waals surface area (Å²) in [4.78, 5) is 0. The average molecular weight is 362 g/mol. The summed E-state index contributed by atoms with van der Waals surface area (Å²) in [5.74, 6) is -1.26. The van der Waals surface area contributed by atoms with Gasteiger partial charge in [-0.05, 0) is 24.1 Å². The van der Waals surface area contributed by atoms with E-state index in [-0.39, 0.29) is 11.3 Å². The van der Waals surface area contributed by atoms with Crippen molar-refractivity contribution in [3.05, 3.63) is 63.6 Å². The number of rotatable bonds is 4. The van der Waals surface area contributed by atoms with Gasteiger partial charge in [-0.15, -0.1) is 11.6 Å². The zero-order valence-corrected chi connectivity index (χ0v) is 13.0. The molecule has 1 atom stereocenters. The van der Waals surface area contributed by atoms with Gasteiger partial charge < -0.3 is 4.74 Å². The van der Waals surface area contributed by atoms with E-state index in [2.05, 4.69) is 15.9 Å². The second-order valence-corrected chi connectivity index (χ2v) is 5.75. The van der Waals surface area contributed by atoms with Crippen molar-refractivity contribution >= 4 is 27.5 Å². The largest absolute Gasteiger partial charge is 0.497 e. The number of halogens is 4. The number of alkyl halides is 1. The summed E-state index contributed by atoms with van der Waals surface area (Å²) in [6.45, 7) is 0. The van der Waals surface area contributed by atoms with E-state index < -0.39 is 17.0 Å². The van der Waals surface area contributed by atoms with E-state index in [1.165, 1.54) is 7.11 Å². The Hall–Kier alpha value is -1.13. The number of hydrogen-bond acceptors (Lipinski definition) is 1. The van der Waals surface area contributed by atoms with Crippen molar-refractivity contribution in [1.29, 1.82) is 0 Å². The fourth-order valence-electron chi connectivity index (χ4n) is 1.95. The second-order valence-electron chi connectivity index (χ2n) is 4.31. The van der Waals surface area contributed by atoms with E-state index in [1.54, 1.807) is 0 Å². The first kappa shape index (κ1) is 15.3. The van der Waals surface area contributed by atoms with Crippen LogP contribution in [0.25, 0.3) is 0 Å². The molecule has 0 spiro atoms. The van der Waals surface area contributed by atoms with Crippen LogP contribution in [0.3, 0.4) is 0 Å². The topological polar surface area (TPSA) is 9.23 Å². The van der Waals surface area contributed by atoms with E-state index in [0.717, 1.165) is 22.2 Å². The summed E-state index contributed by atoms with van der Waals surface area (Å²) in [6, 6.07) is 9.72. The van der Waals surface area contributed by atoms with Crippen LogP contribution in [0.5, 0.6) is 5.75 Å². The van der Waals surface area contributed by atoms with Crippen molar-refractivity contribution in [2.45, 2.75) is 11.8 Å². The van der Waals surface area contributed by atoms with Crippen molar-refractivity contribution in [2.24, 2.45) is 0 Å². The van der Waals surface area contributed by atoms with Gasteiger partial charge in [0.25, 0.3) is 0 Å². The van der Waals surface area contributed by atoms with Gasteiger partial charge in [-0.2, -0.15) is 0 Å². The summed E-state index contributed by atoms with van der Waals surface area (Å²) < 4.78 is 33.5. The lowest BCUT2D eigenvalue weighted by atomic mass is 10.0. The van der Waals surface area contributed by atoms with Crippen LogP contribution in [0, 0.1) is 11.6 Å². The molecule has 0 radical (unpaired) electrons. The summed E-state index contributed by atoms with van der Waals surface area (Å²) in [5, 5.41) is -0.782. The molecular weight excluding hydrogens is 350 g/mol. The minimum absolute atomic E-state index is 0.132. The van der Waals surface area contributed by atoms with Crippen LogP contribution in [0.2, 0.25) is 0 Å². The van der Waals surface area contributed by atoms with Crippen molar-refractivity contribution in [3.63, 3.8) is 0 Å². The zero-order valence-electron chi connectivity index (χ0n) is 10.7. The molecule has 0 saturated heterocycles. The van der Waals surface area contributed by atoms with Gasteiger partial charge in [-0.25, -0.2) is 8.78 Å². The molecule has 1 unspecified atom stereocenters. The summed E-state index contributed by atoms with van der Waals surface area (Å²) >= 11 is 9.51. The third kappa shape index (κ3) is 3.49. The number of methoxy groups -OCH3 is 1. The molecule has 0 aliphatic heterocycles. The standard InChI is InChI=1S/C15H12BrClF2O/c1-20-11-7-13(18)15(14(19)8-11)12(17)6-9-3-2-4-10(16)5-9/h2-5,7-8,12H,6H2,1H3. The first-order valence-corrected chi connectivity index (χ1v) is 7.15. The van der Waals surface area contributed by atoms with Gasteiger partial charge in [0.15, 0.2) is 0 Å². The molecule has 0 aliphatic carbocycles. The first-order chi connectivity index (χ1) is 9.51. The van der Waals surface area contributed by atoms with Crippen LogP contribution < -0.4 is 4.74 Å². The van der Waals surface area contributed by atoms with Crippen LogP contribution >= 0.6 is 27.5 Å². The van der Waals surface area contributed by atoms with E-state index in [9.17, 15) is 8.78 Å². The Balaban J connectivity index is 2.27. The highest BCUT2D eigenvalue weighted by molar-refractivity contribution is 9.10. The van der Waals surface area contributed by atoms with Crippen molar-refractivity contribution < 1.29 is 13.5 Å². The molecule has 0 heterocycles. The highest BCUT2D eigenvalue weighted by Crippen LogP contribution is 2.32. The molecule has 20 heavy (non-hydrogen) atoms. The second kappa shape index (κ2) is 6.55. The number of ether oxygens (including phenoxy) is 1. The summed E-state index contributed by atoms with van der Waals surface area (Å²) in [7, 11) is 1.35. The van der Waals surface area contributed by atoms with Crippen molar-refractivity contribution in [3.8, 4) is 5.75 Å². The van der Waals surface area contributed by atoms with Gasteiger partial charge in [0.1, 0.15) is 17.4 Å². The van der Waals surface area contributed by atoms with Gasteiger partial charge in [0.2, 0.25) is 0 Å². The Labute approximate surface area is 129 Å². The Morgan fingerprint density at radius 2 is 1.85 bits per heavy atom. The molecular formula is C15H12BrClF2O. The van der Waals surface area contributed by atoms with Gasteiger partial charge >= 0.3 is 0 Å². The third-order valence-corrected chi connectivity index (χ3v) is 3.77. The highest BCUT2D eigenvalue weighted by Gasteiger charge is 2.20. The van der Waals surface area contributed by atoms with E-state index >= 15 is 0 Å². The van der Waals surface area contributed by atoms with Crippen LogP contribution in [-0.4, -0.2) is 7.11 Å². The predicted molar refractivity (Wildman–Crippen MR) is 79.4 cm³/mol. The van der Waals surface area contributed by atoms with E-state index in [1.807, 2.05) is 24.3 Å². The van der Waals surface area contributed by atoms with Crippen LogP contribution in [0.15, 0.2) is 40.9 Å². The Morgan fingerprint density at radius 1 is 1.20 bits per heavy atom. The molecule has 2 rings (SSSR count). The molecule has 2 aromatic carbocycles.